The second-order valence-corrected chi connectivity index (χ2v) is 19.7. The third-order valence-electron chi connectivity index (χ3n) is 15.2. The molecule has 2 aliphatic carbocycles. The number of anilines is 3. The average molecular weight is 908 g/mol. The van der Waals surface area contributed by atoms with Gasteiger partial charge in [-0.25, -0.2) is 0 Å². The van der Waals surface area contributed by atoms with Gasteiger partial charge in [-0.3, -0.25) is 0 Å². The van der Waals surface area contributed by atoms with Gasteiger partial charge in [0, 0.05) is 37.1 Å². The number of thiophene rings is 1. The fourth-order valence-electron chi connectivity index (χ4n) is 12.4. The van der Waals surface area contributed by atoms with Gasteiger partial charge in [-0.2, -0.15) is 0 Å². The Morgan fingerprint density at radius 3 is 1.36 bits per heavy atom. The van der Waals surface area contributed by atoms with Gasteiger partial charge in [0.15, 0.2) is 0 Å². The zero-order valence-electron chi connectivity index (χ0n) is 38.3. The standard InChI is InChI=1S/C68H45NS/c1-4-20-46(21-5-1)47-38-42-51(43-39-47)69(52-44-40-48(41-45-52)53-28-18-29-55-54-26-11-17-37-64(54)70-66(53)55)63-36-19-35-62-65(63)56-27-10-12-30-57(56)68(62)60-33-15-13-31-58(60)67(49-22-6-2-7-23-49,50-24-8-3-9-25-50)59-32-14-16-34-61(59)68/h1-45H. The quantitative estimate of drug-likeness (QED) is 0.154. The summed E-state index contributed by atoms with van der Waals surface area (Å²) in [6.07, 6.45) is 0. The predicted octanol–water partition coefficient (Wildman–Crippen LogP) is 17.9. The lowest BCUT2D eigenvalue weighted by Gasteiger charge is -2.50. The van der Waals surface area contributed by atoms with Crippen LogP contribution in [0.15, 0.2) is 273 Å². The number of fused-ring (bicyclic) bond motifs is 12. The van der Waals surface area contributed by atoms with Crippen molar-refractivity contribution in [2.24, 2.45) is 0 Å². The maximum atomic E-state index is 2.49. The fraction of sp³-hybridized carbons (Fsp3) is 0.0294. The Morgan fingerprint density at radius 2 is 0.729 bits per heavy atom. The average Bonchev–Trinajstić information content (AvgIpc) is 3.97. The zero-order chi connectivity index (χ0) is 46.2. The van der Waals surface area contributed by atoms with Crippen LogP contribution in [0.4, 0.5) is 17.1 Å². The first-order valence-electron chi connectivity index (χ1n) is 24.3. The summed E-state index contributed by atoms with van der Waals surface area (Å²) >= 11 is 1.88. The first-order chi connectivity index (χ1) is 34.7. The number of hydrogen-bond donors (Lipinski definition) is 0. The Morgan fingerprint density at radius 1 is 0.286 bits per heavy atom. The topological polar surface area (TPSA) is 3.24 Å². The summed E-state index contributed by atoms with van der Waals surface area (Å²) in [6.45, 7) is 0. The third kappa shape index (κ3) is 5.78. The van der Waals surface area contributed by atoms with Crippen molar-refractivity contribution in [3.8, 4) is 33.4 Å². The molecule has 0 aliphatic heterocycles. The van der Waals surface area contributed by atoms with Crippen LogP contribution in [0, 0.1) is 0 Å². The third-order valence-corrected chi connectivity index (χ3v) is 16.5. The SMILES string of the molecule is c1ccc(-c2ccc(N(c3ccc(-c4cccc5c4sc4ccccc45)cc3)c3cccc4c3-c3ccccc3C43c4ccccc4C(c4ccccc4)(c4ccccc4)c4ccccc43)cc2)cc1. The molecule has 0 bridgehead atoms. The van der Waals surface area contributed by atoms with Gasteiger partial charge >= 0.3 is 0 Å². The Balaban J connectivity index is 1.01. The molecule has 0 radical (unpaired) electrons. The molecule has 1 aromatic heterocycles. The van der Waals surface area contributed by atoms with E-state index in [0.717, 1.165) is 17.1 Å². The summed E-state index contributed by atoms with van der Waals surface area (Å²) in [6, 6.07) is 102. The van der Waals surface area contributed by atoms with Crippen LogP contribution in [0.3, 0.4) is 0 Å². The van der Waals surface area contributed by atoms with Gasteiger partial charge in [-0.1, -0.05) is 237 Å². The highest BCUT2D eigenvalue weighted by Crippen LogP contribution is 2.66. The first-order valence-corrected chi connectivity index (χ1v) is 25.1. The lowest BCUT2D eigenvalue weighted by molar-refractivity contribution is 0.623. The van der Waals surface area contributed by atoms with Crippen molar-refractivity contribution in [2.45, 2.75) is 10.8 Å². The minimum Gasteiger partial charge on any atom is -0.310 e. The van der Waals surface area contributed by atoms with E-state index in [-0.39, 0.29) is 0 Å². The number of hydrogen-bond acceptors (Lipinski definition) is 2. The molecule has 0 saturated heterocycles. The fourth-order valence-corrected chi connectivity index (χ4v) is 13.7. The van der Waals surface area contributed by atoms with Gasteiger partial charge in [-0.05, 0) is 109 Å². The molecule has 1 heterocycles. The molecule has 0 N–H and O–H groups in total. The van der Waals surface area contributed by atoms with Crippen LogP contribution < -0.4 is 4.90 Å². The van der Waals surface area contributed by atoms with Gasteiger partial charge < -0.3 is 4.90 Å². The highest BCUT2D eigenvalue weighted by molar-refractivity contribution is 7.26. The monoisotopic (exact) mass is 907 g/mol. The van der Waals surface area contributed by atoms with E-state index in [4.69, 9.17) is 0 Å². The van der Waals surface area contributed by atoms with E-state index in [1.54, 1.807) is 0 Å². The van der Waals surface area contributed by atoms with E-state index in [0.29, 0.717) is 0 Å². The lowest BCUT2D eigenvalue weighted by Crippen LogP contribution is -2.44. The molecule has 0 amide bonds. The molecule has 70 heavy (non-hydrogen) atoms. The Labute approximate surface area is 412 Å². The van der Waals surface area contributed by atoms with Gasteiger partial charge in [0.1, 0.15) is 0 Å². The highest BCUT2D eigenvalue weighted by atomic mass is 32.1. The van der Waals surface area contributed by atoms with E-state index in [1.807, 2.05) is 11.3 Å². The van der Waals surface area contributed by atoms with Crippen LogP contribution in [-0.2, 0) is 10.8 Å². The largest absolute Gasteiger partial charge is 0.310 e. The lowest BCUT2D eigenvalue weighted by atomic mass is 9.51. The van der Waals surface area contributed by atoms with E-state index >= 15 is 0 Å². The van der Waals surface area contributed by atoms with Gasteiger partial charge in [0.05, 0.1) is 16.5 Å². The van der Waals surface area contributed by atoms with Crippen molar-refractivity contribution in [2.75, 3.05) is 4.90 Å². The van der Waals surface area contributed by atoms with Crippen LogP contribution >= 0.6 is 11.3 Å². The number of benzene rings is 11. The molecule has 2 aliphatic rings. The second-order valence-electron chi connectivity index (χ2n) is 18.6. The Bertz CT molecular complexity index is 3840. The zero-order valence-corrected chi connectivity index (χ0v) is 39.2. The minimum absolute atomic E-state index is 0.565. The Kier molecular flexibility index (Phi) is 9.27. The second kappa shape index (κ2) is 16.0. The molecule has 0 atom stereocenters. The van der Waals surface area contributed by atoms with Crippen molar-refractivity contribution in [3.63, 3.8) is 0 Å². The molecule has 0 saturated carbocycles. The summed E-state index contributed by atoms with van der Waals surface area (Å²) in [5.74, 6) is 0. The molecule has 12 aromatic rings. The highest BCUT2D eigenvalue weighted by Gasteiger charge is 2.57. The molecule has 11 aromatic carbocycles. The first kappa shape index (κ1) is 40.5. The maximum Gasteiger partial charge on any atom is 0.0720 e. The van der Waals surface area contributed by atoms with Gasteiger partial charge in [0.2, 0.25) is 0 Å². The molecule has 1 spiro atoms. The molecule has 328 valence electrons. The summed E-state index contributed by atoms with van der Waals surface area (Å²) in [5, 5.41) is 2.63. The molecule has 0 fully saturated rings. The van der Waals surface area contributed by atoms with Crippen molar-refractivity contribution < 1.29 is 0 Å². The van der Waals surface area contributed by atoms with Crippen molar-refractivity contribution in [3.05, 3.63) is 317 Å². The molecule has 1 nitrogen and oxygen atoms in total. The van der Waals surface area contributed by atoms with Crippen LogP contribution in [0.25, 0.3) is 53.6 Å². The molecule has 2 heteroatoms. The van der Waals surface area contributed by atoms with Crippen molar-refractivity contribution >= 4 is 48.6 Å². The van der Waals surface area contributed by atoms with Crippen LogP contribution in [-0.4, -0.2) is 0 Å². The van der Waals surface area contributed by atoms with E-state index in [1.165, 1.54) is 98.1 Å². The van der Waals surface area contributed by atoms with Gasteiger partial charge in [-0.15, -0.1) is 11.3 Å². The van der Waals surface area contributed by atoms with E-state index in [9.17, 15) is 0 Å². The molecule has 14 rings (SSSR count). The number of nitrogens with zero attached hydrogens (tertiary/aromatic N) is 1. The summed E-state index contributed by atoms with van der Waals surface area (Å²) in [4.78, 5) is 2.49. The number of rotatable bonds is 7. The summed E-state index contributed by atoms with van der Waals surface area (Å²) < 4.78 is 2.64. The van der Waals surface area contributed by atoms with E-state index < -0.39 is 10.8 Å². The summed E-state index contributed by atoms with van der Waals surface area (Å²) in [5.41, 5.74) is 19.9. The maximum absolute atomic E-state index is 2.49. The van der Waals surface area contributed by atoms with Crippen molar-refractivity contribution in [1.82, 2.24) is 0 Å². The predicted molar refractivity (Wildman–Crippen MR) is 294 cm³/mol. The normalized spacial score (nSPS) is 13.7. The van der Waals surface area contributed by atoms with E-state index in [2.05, 4.69) is 278 Å². The summed E-state index contributed by atoms with van der Waals surface area (Å²) in [7, 11) is 0. The molecular weight excluding hydrogens is 863 g/mol. The smallest absolute Gasteiger partial charge is 0.0720 e. The van der Waals surface area contributed by atoms with Gasteiger partial charge in [0.25, 0.3) is 0 Å². The Hall–Kier alpha value is -8.56. The molecule has 0 unspecified atom stereocenters. The van der Waals surface area contributed by atoms with Crippen LogP contribution in [0.2, 0.25) is 0 Å². The molecular formula is C68H45NS. The van der Waals surface area contributed by atoms with Crippen LogP contribution in [0.1, 0.15) is 44.5 Å². The van der Waals surface area contributed by atoms with Crippen molar-refractivity contribution in [1.29, 1.82) is 0 Å². The minimum atomic E-state index is -0.613. The van der Waals surface area contributed by atoms with Crippen LogP contribution in [0.5, 0.6) is 0 Å².